The molecular formula is C11H13N3O2. The van der Waals surface area contributed by atoms with Crippen LogP contribution in [0.3, 0.4) is 0 Å². The Kier molecular flexibility index (Phi) is 3.88. The summed E-state index contributed by atoms with van der Waals surface area (Å²) >= 11 is 0. The molecule has 0 spiro atoms. The van der Waals surface area contributed by atoms with Gasteiger partial charge in [-0.3, -0.25) is 9.59 Å². The predicted octanol–water partition coefficient (Wildman–Crippen LogP) is 1.90. The molecule has 1 rings (SSSR count). The van der Waals surface area contributed by atoms with Crippen LogP contribution >= 0.6 is 0 Å². The Morgan fingerprint density at radius 2 is 1.62 bits per heavy atom. The summed E-state index contributed by atoms with van der Waals surface area (Å²) in [4.78, 5) is 22.1. The van der Waals surface area contributed by atoms with E-state index in [1.807, 2.05) is 0 Å². The minimum Gasteiger partial charge on any atom is -0.399 e. The third-order valence-electron chi connectivity index (χ3n) is 1.95. The van der Waals surface area contributed by atoms with Crippen molar-refractivity contribution < 1.29 is 9.59 Å². The van der Waals surface area contributed by atoms with Crippen LogP contribution in [0.4, 0.5) is 11.4 Å². The predicted molar refractivity (Wildman–Crippen MR) is 60.5 cm³/mol. The molecule has 5 nitrogen and oxygen atoms in total. The van der Waals surface area contributed by atoms with Gasteiger partial charge in [0.15, 0.2) is 17.6 Å². The van der Waals surface area contributed by atoms with Gasteiger partial charge in [0, 0.05) is 5.69 Å². The fourth-order valence-electron chi connectivity index (χ4n) is 1.11. The van der Waals surface area contributed by atoms with Gasteiger partial charge in [0.1, 0.15) is 0 Å². The zero-order valence-electron chi connectivity index (χ0n) is 9.18. The van der Waals surface area contributed by atoms with Crippen LogP contribution < -0.4 is 5.73 Å². The van der Waals surface area contributed by atoms with Crippen molar-refractivity contribution >= 4 is 22.9 Å². The molecule has 1 aromatic rings. The quantitative estimate of drug-likeness (QED) is 0.476. The Morgan fingerprint density at radius 3 is 2.06 bits per heavy atom. The normalized spacial score (nSPS) is 10.9. The second kappa shape index (κ2) is 5.16. The Labute approximate surface area is 93.4 Å². The first-order valence-electron chi connectivity index (χ1n) is 4.78. The average molecular weight is 219 g/mol. The van der Waals surface area contributed by atoms with Gasteiger partial charge in [-0.1, -0.05) is 0 Å². The van der Waals surface area contributed by atoms with Crippen molar-refractivity contribution in [3.8, 4) is 0 Å². The first-order valence-corrected chi connectivity index (χ1v) is 4.78. The molecule has 0 saturated heterocycles. The van der Waals surface area contributed by atoms with E-state index in [-0.39, 0.29) is 11.6 Å². The van der Waals surface area contributed by atoms with Crippen molar-refractivity contribution in [1.29, 1.82) is 0 Å². The molecule has 0 aromatic heterocycles. The van der Waals surface area contributed by atoms with Crippen LogP contribution in [0.5, 0.6) is 0 Å². The molecule has 0 heterocycles. The van der Waals surface area contributed by atoms with E-state index >= 15 is 0 Å². The fraction of sp³-hybridized carbons (Fsp3) is 0.273. The summed E-state index contributed by atoms with van der Waals surface area (Å²) in [7, 11) is 0. The van der Waals surface area contributed by atoms with Crippen LogP contribution in [0, 0.1) is 0 Å². The highest BCUT2D eigenvalue weighted by Gasteiger charge is 2.18. The molecule has 5 heteroatoms. The highest BCUT2D eigenvalue weighted by molar-refractivity contribution is 6.04. The van der Waals surface area contributed by atoms with Gasteiger partial charge < -0.3 is 5.73 Å². The second-order valence-corrected chi connectivity index (χ2v) is 3.43. The molecule has 1 aromatic carbocycles. The number of rotatable bonds is 4. The maximum absolute atomic E-state index is 11.1. The van der Waals surface area contributed by atoms with Crippen molar-refractivity contribution in [2.45, 2.75) is 19.9 Å². The number of anilines is 1. The van der Waals surface area contributed by atoms with Gasteiger partial charge in [0.25, 0.3) is 0 Å². The minimum atomic E-state index is -1.00. The maximum Gasteiger partial charge on any atom is 0.187 e. The molecule has 0 aliphatic heterocycles. The molecule has 0 unspecified atom stereocenters. The molecule has 0 saturated carbocycles. The molecule has 2 N–H and O–H groups in total. The Morgan fingerprint density at radius 1 is 1.12 bits per heavy atom. The summed E-state index contributed by atoms with van der Waals surface area (Å²) in [5, 5.41) is 7.53. The van der Waals surface area contributed by atoms with Crippen molar-refractivity contribution in [2.24, 2.45) is 10.2 Å². The summed E-state index contributed by atoms with van der Waals surface area (Å²) in [6.07, 6.45) is 0. The zero-order chi connectivity index (χ0) is 12.1. The van der Waals surface area contributed by atoms with Gasteiger partial charge in [-0.05, 0) is 38.1 Å². The van der Waals surface area contributed by atoms with E-state index in [1.54, 1.807) is 24.3 Å². The zero-order valence-corrected chi connectivity index (χ0v) is 9.18. The number of benzene rings is 1. The lowest BCUT2D eigenvalue weighted by molar-refractivity contribution is -0.126. The van der Waals surface area contributed by atoms with Gasteiger partial charge in [0.05, 0.1) is 5.69 Å². The topological polar surface area (TPSA) is 84.9 Å². The van der Waals surface area contributed by atoms with E-state index < -0.39 is 6.04 Å². The number of Topliss-reactive ketones (excluding diaryl/α,β-unsaturated/α-hetero) is 2. The summed E-state index contributed by atoms with van der Waals surface area (Å²) < 4.78 is 0. The summed E-state index contributed by atoms with van der Waals surface area (Å²) in [5.41, 5.74) is 6.67. The summed E-state index contributed by atoms with van der Waals surface area (Å²) in [6, 6.07) is 5.67. The molecular weight excluding hydrogens is 206 g/mol. The SMILES string of the molecule is CC(=O)C(N=Nc1ccc(N)cc1)C(C)=O. The van der Waals surface area contributed by atoms with E-state index in [1.165, 1.54) is 13.8 Å². The van der Waals surface area contributed by atoms with Crippen LogP contribution in [0.2, 0.25) is 0 Å². The third-order valence-corrected chi connectivity index (χ3v) is 1.95. The van der Waals surface area contributed by atoms with E-state index in [2.05, 4.69) is 10.2 Å². The highest BCUT2D eigenvalue weighted by Crippen LogP contribution is 2.15. The standard InChI is InChI=1S/C11H13N3O2/c1-7(15)11(8(2)16)14-13-10-5-3-9(12)4-6-10/h3-6,11H,12H2,1-2H3. The van der Waals surface area contributed by atoms with Gasteiger partial charge in [-0.2, -0.15) is 10.2 Å². The molecule has 0 atom stereocenters. The average Bonchev–Trinajstić information content (AvgIpc) is 2.20. The Balaban J connectivity index is 2.82. The summed E-state index contributed by atoms with van der Waals surface area (Å²) in [5.74, 6) is -0.626. The fourth-order valence-corrected chi connectivity index (χ4v) is 1.11. The Bertz CT molecular complexity index is 409. The molecule has 0 fully saturated rings. The third kappa shape index (κ3) is 3.27. The first kappa shape index (κ1) is 12.0. The van der Waals surface area contributed by atoms with Gasteiger partial charge >= 0.3 is 0 Å². The lowest BCUT2D eigenvalue weighted by atomic mass is 10.1. The lowest BCUT2D eigenvalue weighted by Crippen LogP contribution is -2.23. The number of carbonyl (C=O) groups excluding carboxylic acids is 2. The van der Waals surface area contributed by atoms with Gasteiger partial charge in [0.2, 0.25) is 0 Å². The number of nitrogens with two attached hydrogens (primary N) is 1. The molecule has 16 heavy (non-hydrogen) atoms. The van der Waals surface area contributed by atoms with Crippen molar-refractivity contribution in [2.75, 3.05) is 5.73 Å². The van der Waals surface area contributed by atoms with Crippen molar-refractivity contribution in [3.05, 3.63) is 24.3 Å². The van der Waals surface area contributed by atoms with E-state index in [9.17, 15) is 9.59 Å². The monoisotopic (exact) mass is 219 g/mol. The van der Waals surface area contributed by atoms with Crippen molar-refractivity contribution in [1.82, 2.24) is 0 Å². The van der Waals surface area contributed by atoms with Crippen LogP contribution in [0.15, 0.2) is 34.5 Å². The van der Waals surface area contributed by atoms with E-state index in [4.69, 9.17) is 5.73 Å². The van der Waals surface area contributed by atoms with Gasteiger partial charge in [-0.15, -0.1) is 0 Å². The smallest absolute Gasteiger partial charge is 0.187 e. The number of nitrogens with zero attached hydrogens (tertiary/aromatic N) is 2. The molecule has 0 bridgehead atoms. The molecule has 0 radical (unpaired) electrons. The summed E-state index contributed by atoms with van der Waals surface area (Å²) in [6.45, 7) is 2.63. The maximum atomic E-state index is 11.1. The molecule has 0 aliphatic carbocycles. The highest BCUT2D eigenvalue weighted by atomic mass is 16.2. The number of hydrogen-bond donors (Lipinski definition) is 1. The van der Waals surface area contributed by atoms with Crippen LogP contribution in [0.25, 0.3) is 0 Å². The molecule has 84 valence electrons. The van der Waals surface area contributed by atoms with E-state index in [0.717, 1.165) is 0 Å². The lowest BCUT2D eigenvalue weighted by Gasteiger charge is -2.01. The molecule has 0 amide bonds. The minimum absolute atomic E-state index is 0.313. The number of carbonyl (C=O) groups is 2. The number of nitrogen functional groups attached to an aromatic ring is 1. The second-order valence-electron chi connectivity index (χ2n) is 3.43. The number of azo groups is 1. The van der Waals surface area contributed by atoms with Gasteiger partial charge in [-0.25, -0.2) is 0 Å². The number of hydrogen-bond acceptors (Lipinski definition) is 5. The van der Waals surface area contributed by atoms with E-state index in [0.29, 0.717) is 11.4 Å². The first-order chi connectivity index (χ1) is 7.50. The van der Waals surface area contributed by atoms with Crippen LogP contribution in [0.1, 0.15) is 13.8 Å². The Hall–Kier alpha value is -2.04. The number of ketones is 2. The van der Waals surface area contributed by atoms with Crippen molar-refractivity contribution in [3.63, 3.8) is 0 Å². The van der Waals surface area contributed by atoms with Crippen LogP contribution in [-0.4, -0.2) is 17.6 Å². The molecule has 0 aliphatic rings. The largest absolute Gasteiger partial charge is 0.399 e. The van der Waals surface area contributed by atoms with Crippen LogP contribution in [-0.2, 0) is 9.59 Å².